The molecule has 104 valence electrons. The molecular formula is C16H23NO2. The highest BCUT2D eigenvalue weighted by molar-refractivity contribution is 5.88. The maximum atomic E-state index is 12.6. The summed E-state index contributed by atoms with van der Waals surface area (Å²) in [5, 5.41) is 12.7. The first kappa shape index (κ1) is 14.1. The molecule has 0 spiro atoms. The standard InChI is InChI=1S/C16H23NO2/c1-15(2,13-8-4-3-5-9-13)14(19)17-16(12-18)10-6-7-11-16/h3-5,8-9,18H,6-7,10-12H2,1-2H3,(H,17,19). The van der Waals surface area contributed by atoms with E-state index in [9.17, 15) is 9.90 Å². The summed E-state index contributed by atoms with van der Waals surface area (Å²) >= 11 is 0. The van der Waals surface area contributed by atoms with Crippen LogP contribution in [0.4, 0.5) is 0 Å². The largest absolute Gasteiger partial charge is 0.394 e. The fourth-order valence-electron chi connectivity index (χ4n) is 2.76. The quantitative estimate of drug-likeness (QED) is 0.874. The van der Waals surface area contributed by atoms with Crippen LogP contribution in [0.1, 0.15) is 45.1 Å². The molecule has 0 heterocycles. The van der Waals surface area contributed by atoms with Gasteiger partial charge in [0.05, 0.1) is 17.6 Å². The number of aliphatic hydroxyl groups is 1. The van der Waals surface area contributed by atoms with Gasteiger partial charge < -0.3 is 10.4 Å². The molecule has 0 aliphatic heterocycles. The molecule has 0 aromatic heterocycles. The number of hydrogen-bond donors (Lipinski definition) is 2. The van der Waals surface area contributed by atoms with E-state index >= 15 is 0 Å². The monoisotopic (exact) mass is 261 g/mol. The summed E-state index contributed by atoms with van der Waals surface area (Å²) in [5.41, 5.74) is 0.0217. The summed E-state index contributed by atoms with van der Waals surface area (Å²) in [7, 11) is 0. The molecule has 3 nitrogen and oxygen atoms in total. The number of hydrogen-bond acceptors (Lipinski definition) is 2. The minimum absolute atomic E-state index is 0.00495. The number of carbonyl (C=O) groups excluding carboxylic acids is 1. The van der Waals surface area contributed by atoms with Crippen LogP contribution in [0.2, 0.25) is 0 Å². The second kappa shape index (κ2) is 5.33. The van der Waals surface area contributed by atoms with Gasteiger partial charge in [0.2, 0.25) is 5.91 Å². The molecule has 1 aromatic carbocycles. The highest BCUT2D eigenvalue weighted by Crippen LogP contribution is 2.31. The third-order valence-electron chi connectivity index (χ3n) is 4.31. The molecule has 1 aromatic rings. The topological polar surface area (TPSA) is 49.3 Å². The lowest BCUT2D eigenvalue weighted by Gasteiger charge is -2.33. The van der Waals surface area contributed by atoms with E-state index in [0.29, 0.717) is 0 Å². The average Bonchev–Trinajstić information content (AvgIpc) is 2.89. The van der Waals surface area contributed by atoms with Crippen molar-refractivity contribution in [2.24, 2.45) is 0 Å². The van der Waals surface area contributed by atoms with Crippen molar-refractivity contribution in [3.8, 4) is 0 Å². The predicted molar refractivity (Wildman–Crippen MR) is 75.9 cm³/mol. The fraction of sp³-hybridized carbons (Fsp3) is 0.562. The molecule has 1 fully saturated rings. The van der Waals surface area contributed by atoms with E-state index in [2.05, 4.69) is 5.32 Å². The molecule has 0 saturated heterocycles. The molecule has 0 radical (unpaired) electrons. The third kappa shape index (κ3) is 2.81. The Morgan fingerprint density at radius 2 is 1.84 bits per heavy atom. The maximum absolute atomic E-state index is 12.6. The van der Waals surface area contributed by atoms with Crippen LogP contribution in [0.25, 0.3) is 0 Å². The Balaban J connectivity index is 2.15. The van der Waals surface area contributed by atoms with Gasteiger partial charge >= 0.3 is 0 Å². The Kier molecular flexibility index (Phi) is 3.95. The van der Waals surface area contributed by atoms with Gasteiger partial charge in [-0.25, -0.2) is 0 Å². The SMILES string of the molecule is CC(C)(C(=O)NC1(CO)CCCC1)c1ccccc1. The number of benzene rings is 1. The molecule has 3 heteroatoms. The number of amides is 1. The first-order valence-electron chi connectivity index (χ1n) is 6.99. The van der Waals surface area contributed by atoms with Crippen LogP contribution in [0.15, 0.2) is 30.3 Å². The van der Waals surface area contributed by atoms with Crippen LogP contribution >= 0.6 is 0 Å². The van der Waals surface area contributed by atoms with E-state index in [-0.39, 0.29) is 12.5 Å². The summed E-state index contributed by atoms with van der Waals surface area (Å²) in [4.78, 5) is 12.6. The molecule has 1 saturated carbocycles. The lowest BCUT2D eigenvalue weighted by molar-refractivity contribution is -0.128. The van der Waals surface area contributed by atoms with Crippen molar-refractivity contribution < 1.29 is 9.90 Å². The van der Waals surface area contributed by atoms with E-state index < -0.39 is 11.0 Å². The molecule has 1 aliphatic rings. The summed E-state index contributed by atoms with van der Waals surface area (Å²) in [5.74, 6) is -0.00495. The second-order valence-corrected chi connectivity index (χ2v) is 6.09. The Morgan fingerprint density at radius 1 is 1.26 bits per heavy atom. The number of rotatable bonds is 4. The summed E-state index contributed by atoms with van der Waals surface area (Å²) < 4.78 is 0. The first-order chi connectivity index (χ1) is 9.00. The molecule has 2 rings (SSSR count). The minimum atomic E-state index is -0.577. The number of aliphatic hydroxyl groups excluding tert-OH is 1. The number of carbonyl (C=O) groups is 1. The van der Waals surface area contributed by atoms with Gasteiger partial charge in [0, 0.05) is 0 Å². The lowest BCUT2D eigenvalue weighted by atomic mass is 9.82. The van der Waals surface area contributed by atoms with Crippen molar-refractivity contribution >= 4 is 5.91 Å². The fourth-order valence-corrected chi connectivity index (χ4v) is 2.76. The van der Waals surface area contributed by atoms with Crippen LogP contribution in [-0.4, -0.2) is 23.2 Å². The molecule has 0 atom stereocenters. The molecule has 19 heavy (non-hydrogen) atoms. The minimum Gasteiger partial charge on any atom is -0.394 e. The zero-order valence-electron chi connectivity index (χ0n) is 11.8. The zero-order chi connectivity index (χ0) is 13.9. The zero-order valence-corrected chi connectivity index (χ0v) is 11.8. The average molecular weight is 261 g/mol. The predicted octanol–water partition coefficient (Wildman–Crippen LogP) is 2.39. The van der Waals surface area contributed by atoms with Gasteiger partial charge in [-0.2, -0.15) is 0 Å². The molecule has 0 bridgehead atoms. The highest BCUT2D eigenvalue weighted by Gasteiger charge is 2.39. The smallest absolute Gasteiger partial charge is 0.230 e. The van der Waals surface area contributed by atoms with Crippen LogP contribution in [-0.2, 0) is 10.2 Å². The van der Waals surface area contributed by atoms with Crippen LogP contribution in [0.3, 0.4) is 0 Å². The Morgan fingerprint density at radius 3 is 2.37 bits per heavy atom. The van der Waals surface area contributed by atoms with Gasteiger partial charge in [-0.3, -0.25) is 4.79 Å². The van der Waals surface area contributed by atoms with Crippen molar-refractivity contribution in [1.29, 1.82) is 0 Å². The van der Waals surface area contributed by atoms with Gasteiger partial charge in [0.1, 0.15) is 0 Å². The van der Waals surface area contributed by atoms with Gasteiger partial charge in [0.15, 0.2) is 0 Å². The summed E-state index contributed by atoms with van der Waals surface area (Å²) in [6.45, 7) is 3.89. The van der Waals surface area contributed by atoms with Gasteiger partial charge in [0.25, 0.3) is 0 Å². The molecule has 2 N–H and O–H groups in total. The maximum Gasteiger partial charge on any atom is 0.230 e. The van der Waals surface area contributed by atoms with E-state index in [1.165, 1.54) is 0 Å². The molecule has 1 aliphatic carbocycles. The molecule has 0 unspecified atom stereocenters. The van der Waals surface area contributed by atoms with Crippen molar-refractivity contribution in [1.82, 2.24) is 5.32 Å². The van der Waals surface area contributed by atoms with Crippen LogP contribution < -0.4 is 5.32 Å². The van der Waals surface area contributed by atoms with Crippen LogP contribution in [0.5, 0.6) is 0 Å². The normalized spacial score (nSPS) is 18.3. The van der Waals surface area contributed by atoms with E-state index in [1.807, 2.05) is 44.2 Å². The first-order valence-corrected chi connectivity index (χ1v) is 6.99. The summed E-state index contributed by atoms with van der Waals surface area (Å²) in [6, 6.07) is 9.78. The molecule has 1 amide bonds. The second-order valence-electron chi connectivity index (χ2n) is 6.09. The van der Waals surface area contributed by atoms with Gasteiger partial charge in [-0.1, -0.05) is 43.2 Å². The Bertz CT molecular complexity index is 433. The van der Waals surface area contributed by atoms with Crippen molar-refractivity contribution in [2.45, 2.75) is 50.5 Å². The van der Waals surface area contributed by atoms with E-state index in [4.69, 9.17) is 0 Å². The van der Waals surface area contributed by atoms with Gasteiger partial charge in [-0.05, 0) is 32.3 Å². The van der Waals surface area contributed by atoms with Gasteiger partial charge in [-0.15, -0.1) is 0 Å². The van der Waals surface area contributed by atoms with Crippen molar-refractivity contribution in [2.75, 3.05) is 6.61 Å². The number of nitrogens with one attached hydrogen (secondary N) is 1. The van der Waals surface area contributed by atoms with Crippen molar-refractivity contribution in [3.63, 3.8) is 0 Å². The highest BCUT2D eigenvalue weighted by atomic mass is 16.3. The molecular weight excluding hydrogens is 238 g/mol. The Labute approximate surface area is 115 Å². The van der Waals surface area contributed by atoms with Crippen molar-refractivity contribution in [3.05, 3.63) is 35.9 Å². The lowest BCUT2D eigenvalue weighted by Crippen LogP contribution is -2.54. The van der Waals surface area contributed by atoms with E-state index in [1.54, 1.807) is 0 Å². The van der Waals surface area contributed by atoms with E-state index in [0.717, 1.165) is 31.2 Å². The third-order valence-corrected chi connectivity index (χ3v) is 4.31. The summed E-state index contributed by atoms with van der Waals surface area (Å²) in [6.07, 6.45) is 3.90. The Hall–Kier alpha value is -1.35. The van der Waals surface area contributed by atoms with Crippen LogP contribution in [0, 0.1) is 0 Å².